The minimum atomic E-state index is -3.08. The third-order valence-electron chi connectivity index (χ3n) is 2.45. The molecule has 0 unspecified atom stereocenters. The minimum absolute atomic E-state index is 0.394. The van der Waals surface area contributed by atoms with Gasteiger partial charge in [0.25, 0.3) is 0 Å². The second-order valence-electron chi connectivity index (χ2n) is 3.62. The summed E-state index contributed by atoms with van der Waals surface area (Å²) in [7, 11) is -3.08. The molecular formula is C10H13NO2S. The van der Waals surface area contributed by atoms with E-state index in [9.17, 15) is 8.42 Å². The van der Waals surface area contributed by atoms with Crippen molar-refractivity contribution in [1.29, 1.82) is 0 Å². The van der Waals surface area contributed by atoms with E-state index in [1.54, 1.807) is 12.1 Å². The SMILES string of the molecule is CS(=O)(=O)c1ccc2c(c1)NCCC2. The quantitative estimate of drug-likeness (QED) is 0.764. The first-order valence-corrected chi connectivity index (χ1v) is 6.53. The van der Waals surface area contributed by atoms with Crippen LogP contribution in [0.4, 0.5) is 5.69 Å². The predicted molar refractivity (Wildman–Crippen MR) is 56.4 cm³/mol. The van der Waals surface area contributed by atoms with Gasteiger partial charge in [0.2, 0.25) is 0 Å². The molecule has 0 aromatic heterocycles. The summed E-state index contributed by atoms with van der Waals surface area (Å²) < 4.78 is 22.6. The number of aryl methyl sites for hydroxylation is 1. The van der Waals surface area contributed by atoms with Crippen LogP contribution >= 0.6 is 0 Å². The first-order valence-electron chi connectivity index (χ1n) is 4.64. The standard InChI is InChI=1S/C10H13NO2S/c1-14(12,13)9-5-4-8-3-2-6-11-10(8)7-9/h4-5,7,11H,2-3,6H2,1H3. The fraction of sp³-hybridized carbons (Fsp3) is 0.400. The van der Waals surface area contributed by atoms with Crippen LogP contribution in [0.25, 0.3) is 0 Å². The monoisotopic (exact) mass is 211 g/mol. The third-order valence-corrected chi connectivity index (χ3v) is 3.56. The number of rotatable bonds is 1. The van der Waals surface area contributed by atoms with Crippen LogP contribution in [-0.4, -0.2) is 21.2 Å². The van der Waals surface area contributed by atoms with Gasteiger partial charge in [0.05, 0.1) is 4.90 Å². The van der Waals surface area contributed by atoms with Crippen LogP contribution in [0.1, 0.15) is 12.0 Å². The number of sulfone groups is 1. The van der Waals surface area contributed by atoms with E-state index in [1.807, 2.05) is 6.07 Å². The number of hydrogen-bond donors (Lipinski definition) is 1. The van der Waals surface area contributed by atoms with E-state index < -0.39 is 9.84 Å². The van der Waals surface area contributed by atoms with Crippen molar-refractivity contribution in [2.45, 2.75) is 17.7 Å². The molecule has 0 bridgehead atoms. The lowest BCUT2D eigenvalue weighted by Gasteiger charge is -2.18. The van der Waals surface area contributed by atoms with Gasteiger partial charge in [0.15, 0.2) is 9.84 Å². The summed E-state index contributed by atoms with van der Waals surface area (Å²) in [6.07, 6.45) is 3.38. The zero-order valence-electron chi connectivity index (χ0n) is 8.08. The molecule has 0 radical (unpaired) electrons. The lowest BCUT2D eigenvalue weighted by molar-refractivity contribution is 0.602. The second kappa shape index (κ2) is 3.28. The molecule has 1 aromatic rings. The molecule has 0 saturated carbocycles. The number of hydrogen-bond acceptors (Lipinski definition) is 3. The summed E-state index contributed by atoms with van der Waals surface area (Å²) in [4.78, 5) is 0.394. The van der Waals surface area contributed by atoms with Crippen molar-refractivity contribution in [2.24, 2.45) is 0 Å². The van der Waals surface area contributed by atoms with Crippen LogP contribution in [-0.2, 0) is 16.3 Å². The molecule has 0 spiro atoms. The van der Waals surface area contributed by atoms with Gasteiger partial charge in [0.1, 0.15) is 0 Å². The van der Waals surface area contributed by atoms with Gasteiger partial charge in [-0.05, 0) is 30.5 Å². The maximum atomic E-state index is 11.3. The topological polar surface area (TPSA) is 46.2 Å². The maximum absolute atomic E-state index is 11.3. The first-order chi connectivity index (χ1) is 6.57. The highest BCUT2D eigenvalue weighted by molar-refractivity contribution is 7.90. The Bertz CT molecular complexity index is 451. The summed E-state index contributed by atoms with van der Waals surface area (Å²) in [6.45, 7) is 0.931. The Labute approximate surface area is 84.1 Å². The summed E-state index contributed by atoms with van der Waals surface area (Å²) in [5.41, 5.74) is 2.18. The Morgan fingerprint density at radius 1 is 1.36 bits per heavy atom. The normalized spacial score (nSPS) is 15.8. The number of anilines is 1. The smallest absolute Gasteiger partial charge is 0.175 e. The molecule has 0 saturated heterocycles. The zero-order chi connectivity index (χ0) is 10.2. The molecule has 3 nitrogen and oxygen atoms in total. The van der Waals surface area contributed by atoms with Gasteiger partial charge in [-0.25, -0.2) is 8.42 Å². The van der Waals surface area contributed by atoms with Gasteiger partial charge in [0, 0.05) is 18.5 Å². The van der Waals surface area contributed by atoms with Crippen molar-refractivity contribution >= 4 is 15.5 Å². The minimum Gasteiger partial charge on any atom is -0.385 e. The van der Waals surface area contributed by atoms with Crippen LogP contribution in [0, 0.1) is 0 Å². The highest BCUT2D eigenvalue weighted by Crippen LogP contribution is 2.24. The highest BCUT2D eigenvalue weighted by Gasteiger charge is 2.12. The average molecular weight is 211 g/mol. The van der Waals surface area contributed by atoms with E-state index in [-0.39, 0.29) is 0 Å². The molecule has 1 N–H and O–H groups in total. The molecule has 1 aromatic carbocycles. The molecular weight excluding hydrogens is 198 g/mol. The molecule has 0 amide bonds. The molecule has 0 atom stereocenters. The third kappa shape index (κ3) is 1.75. The van der Waals surface area contributed by atoms with Gasteiger partial charge < -0.3 is 5.32 Å². The highest BCUT2D eigenvalue weighted by atomic mass is 32.2. The Kier molecular flexibility index (Phi) is 2.23. The van der Waals surface area contributed by atoms with E-state index in [0.29, 0.717) is 4.90 Å². The Morgan fingerprint density at radius 3 is 2.86 bits per heavy atom. The molecule has 0 fully saturated rings. The molecule has 1 aliphatic heterocycles. The summed E-state index contributed by atoms with van der Waals surface area (Å²) in [5, 5.41) is 3.21. The van der Waals surface area contributed by atoms with Crippen molar-refractivity contribution < 1.29 is 8.42 Å². The molecule has 14 heavy (non-hydrogen) atoms. The van der Waals surface area contributed by atoms with Crippen molar-refractivity contribution in [3.8, 4) is 0 Å². The average Bonchev–Trinajstić information content (AvgIpc) is 2.16. The van der Waals surface area contributed by atoms with E-state index in [0.717, 1.165) is 25.1 Å². The molecule has 76 valence electrons. The fourth-order valence-electron chi connectivity index (χ4n) is 1.67. The first kappa shape index (κ1) is 9.52. The largest absolute Gasteiger partial charge is 0.385 e. The summed E-state index contributed by atoms with van der Waals surface area (Å²) in [5.74, 6) is 0. The fourth-order valence-corrected chi connectivity index (χ4v) is 2.32. The van der Waals surface area contributed by atoms with Crippen LogP contribution in [0.15, 0.2) is 23.1 Å². The lowest BCUT2D eigenvalue weighted by Crippen LogP contribution is -2.12. The van der Waals surface area contributed by atoms with Gasteiger partial charge in [-0.15, -0.1) is 0 Å². The molecule has 1 aliphatic rings. The number of nitrogens with one attached hydrogen (secondary N) is 1. The van der Waals surface area contributed by atoms with Crippen molar-refractivity contribution in [2.75, 3.05) is 18.1 Å². The molecule has 2 rings (SSSR count). The lowest BCUT2D eigenvalue weighted by atomic mass is 10.0. The van der Waals surface area contributed by atoms with Crippen LogP contribution in [0.3, 0.4) is 0 Å². The van der Waals surface area contributed by atoms with Gasteiger partial charge >= 0.3 is 0 Å². The van der Waals surface area contributed by atoms with Crippen molar-refractivity contribution in [1.82, 2.24) is 0 Å². The van der Waals surface area contributed by atoms with Gasteiger partial charge in [-0.1, -0.05) is 6.07 Å². The van der Waals surface area contributed by atoms with E-state index >= 15 is 0 Å². The summed E-state index contributed by atoms with van der Waals surface area (Å²) >= 11 is 0. The van der Waals surface area contributed by atoms with E-state index in [1.165, 1.54) is 11.8 Å². The second-order valence-corrected chi connectivity index (χ2v) is 5.64. The molecule has 1 heterocycles. The number of benzene rings is 1. The van der Waals surface area contributed by atoms with E-state index in [2.05, 4.69) is 5.32 Å². The van der Waals surface area contributed by atoms with E-state index in [4.69, 9.17) is 0 Å². The Morgan fingerprint density at radius 2 is 2.14 bits per heavy atom. The molecule has 4 heteroatoms. The Balaban J connectivity index is 2.49. The zero-order valence-corrected chi connectivity index (χ0v) is 8.89. The van der Waals surface area contributed by atoms with Crippen molar-refractivity contribution in [3.63, 3.8) is 0 Å². The maximum Gasteiger partial charge on any atom is 0.175 e. The Hall–Kier alpha value is -1.03. The number of fused-ring (bicyclic) bond motifs is 1. The van der Waals surface area contributed by atoms with Crippen LogP contribution in [0.5, 0.6) is 0 Å². The summed E-state index contributed by atoms with van der Waals surface area (Å²) in [6, 6.07) is 5.31. The van der Waals surface area contributed by atoms with Crippen molar-refractivity contribution in [3.05, 3.63) is 23.8 Å². The van der Waals surface area contributed by atoms with Gasteiger partial charge in [-0.2, -0.15) is 0 Å². The van der Waals surface area contributed by atoms with Crippen LogP contribution in [0.2, 0.25) is 0 Å². The predicted octanol–water partition coefficient (Wildman–Crippen LogP) is 1.45. The van der Waals surface area contributed by atoms with Crippen LogP contribution < -0.4 is 5.32 Å². The molecule has 0 aliphatic carbocycles. The van der Waals surface area contributed by atoms with Gasteiger partial charge in [-0.3, -0.25) is 0 Å².